The molecule has 1 aromatic heterocycles. The fourth-order valence-electron chi connectivity index (χ4n) is 3.46. The lowest BCUT2D eigenvalue weighted by Gasteiger charge is -2.23. The molecular formula is C23H28ClN5O3S. The molecule has 0 atom stereocenters. The summed E-state index contributed by atoms with van der Waals surface area (Å²) in [7, 11) is 1.98. The molecule has 2 aromatic rings. The van der Waals surface area contributed by atoms with Gasteiger partial charge in [-0.15, -0.1) is 0 Å². The van der Waals surface area contributed by atoms with Gasteiger partial charge < -0.3 is 14.9 Å². The molecule has 4 rings (SSSR count). The van der Waals surface area contributed by atoms with Crippen molar-refractivity contribution in [3.63, 3.8) is 0 Å². The van der Waals surface area contributed by atoms with Crippen molar-refractivity contribution in [1.82, 2.24) is 10.5 Å². The largest absolute Gasteiger partial charge is 0.353 e. The van der Waals surface area contributed by atoms with Crippen LogP contribution in [-0.4, -0.2) is 36.7 Å². The van der Waals surface area contributed by atoms with Crippen LogP contribution in [0.15, 0.2) is 24.4 Å². The van der Waals surface area contributed by atoms with Crippen LogP contribution in [0.3, 0.4) is 0 Å². The van der Waals surface area contributed by atoms with E-state index in [1.807, 2.05) is 23.7 Å². The third kappa shape index (κ3) is 5.72. The Bertz CT molecular complexity index is 1060. The second kappa shape index (κ2) is 10.2. The van der Waals surface area contributed by atoms with Crippen LogP contribution in [0, 0.1) is 5.92 Å². The number of nitrogens with zero attached hydrogens (tertiary/aromatic N) is 2. The van der Waals surface area contributed by atoms with Gasteiger partial charge in [0.2, 0.25) is 5.91 Å². The minimum atomic E-state index is -0.438. The average molecular weight is 490 g/mol. The topological polar surface area (TPSA) is 95.6 Å². The summed E-state index contributed by atoms with van der Waals surface area (Å²) in [6, 6.07) is 5.66. The molecule has 176 valence electrons. The number of aromatic nitrogens is 1. The maximum Gasteiger partial charge on any atom is 0.278 e. The fourth-order valence-corrected chi connectivity index (χ4v) is 4.13. The highest BCUT2D eigenvalue weighted by molar-refractivity contribution is 7.99. The first-order chi connectivity index (χ1) is 15.9. The zero-order valence-corrected chi connectivity index (χ0v) is 20.5. The molecule has 0 unspecified atom stereocenters. The molecule has 0 bridgehead atoms. The number of carbonyl (C=O) groups excluding carboxylic acids is 2. The molecule has 10 heteroatoms. The number of hydrogen-bond acceptors (Lipinski definition) is 7. The van der Waals surface area contributed by atoms with Crippen molar-refractivity contribution in [3.05, 3.63) is 40.5 Å². The second-order valence-corrected chi connectivity index (χ2v) is 9.53. The highest BCUT2D eigenvalue weighted by Crippen LogP contribution is 2.47. The van der Waals surface area contributed by atoms with Gasteiger partial charge in [-0.05, 0) is 56.2 Å². The van der Waals surface area contributed by atoms with Gasteiger partial charge >= 0.3 is 0 Å². The van der Waals surface area contributed by atoms with Gasteiger partial charge in [0.1, 0.15) is 5.82 Å². The Morgan fingerprint density at radius 3 is 2.61 bits per heavy atom. The number of hydroxylamine groups is 1. The first-order valence-electron chi connectivity index (χ1n) is 11.0. The molecule has 0 spiro atoms. The number of amides is 2. The second-order valence-electron chi connectivity index (χ2n) is 8.21. The summed E-state index contributed by atoms with van der Waals surface area (Å²) in [5.74, 6) is 0.424. The monoisotopic (exact) mass is 489 g/mol. The summed E-state index contributed by atoms with van der Waals surface area (Å²) in [5, 5.41) is 6.88. The Morgan fingerprint density at radius 1 is 1.21 bits per heavy atom. The fraction of sp³-hybridized carbons (Fsp3) is 0.435. The molecule has 0 radical (unpaired) electrons. The summed E-state index contributed by atoms with van der Waals surface area (Å²) in [6.07, 6.45) is 7.49. The smallest absolute Gasteiger partial charge is 0.278 e. The molecule has 0 aliphatic heterocycles. The minimum absolute atomic E-state index is 0.0414. The number of anilines is 4. The maximum atomic E-state index is 12.7. The Kier molecular flexibility index (Phi) is 7.31. The number of halogens is 1. The van der Waals surface area contributed by atoms with Crippen LogP contribution in [-0.2, 0) is 9.63 Å². The number of nitrogens with one attached hydrogen (secondary N) is 3. The molecule has 1 aromatic carbocycles. The molecule has 2 fully saturated rings. The standard InChI is InChI=1S/C23H28ClN5O3S/c1-4-32-28-23(31)16-12-25-21(27-22(30)14-7-8-14)11-18(16)26-19-10-17(24)15(13-5-6-13)9-20(19)29(2)33-3/h9-14H,4-8H2,1-3H3,(H,28,31)(H2,25,26,27,30). The number of rotatable bonds is 10. The third-order valence-corrected chi connectivity index (χ3v) is 6.74. The van der Waals surface area contributed by atoms with Crippen molar-refractivity contribution >= 4 is 58.2 Å². The van der Waals surface area contributed by atoms with Crippen molar-refractivity contribution in [2.24, 2.45) is 5.92 Å². The van der Waals surface area contributed by atoms with Crippen molar-refractivity contribution in [3.8, 4) is 0 Å². The van der Waals surface area contributed by atoms with E-state index in [9.17, 15) is 9.59 Å². The summed E-state index contributed by atoms with van der Waals surface area (Å²) in [4.78, 5) is 34.3. The number of hydrogen-bond donors (Lipinski definition) is 3. The van der Waals surface area contributed by atoms with Crippen molar-refractivity contribution < 1.29 is 14.4 Å². The summed E-state index contributed by atoms with van der Waals surface area (Å²) < 4.78 is 2.04. The summed E-state index contributed by atoms with van der Waals surface area (Å²) in [6.45, 7) is 2.11. The number of benzene rings is 1. The van der Waals surface area contributed by atoms with Crippen LogP contribution < -0.4 is 20.4 Å². The van der Waals surface area contributed by atoms with Gasteiger partial charge in [0.05, 0.1) is 29.2 Å². The Balaban J connectivity index is 1.70. The van der Waals surface area contributed by atoms with Crippen LogP contribution in [0.5, 0.6) is 0 Å². The van der Waals surface area contributed by atoms with Gasteiger partial charge in [-0.2, -0.15) is 0 Å². The summed E-state index contributed by atoms with van der Waals surface area (Å²) >= 11 is 8.20. The Hall–Kier alpha value is -2.49. The van der Waals surface area contributed by atoms with E-state index >= 15 is 0 Å². The number of carbonyl (C=O) groups is 2. The molecule has 1 heterocycles. The van der Waals surface area contributed by atoms with Gasteiger partial charge in [-0.25, -0.2) is 10.5 Å². The predicted molar refractivity (Wildman–Crippen MR) is 133 cm³/mol. The maximum absolute atomic E-state index is 12.7. The van der Waals surface area contributed by atoms with E-state index in [1.54, 1.807) is 24.9 Å². The van der Waals surface area contributed by atoms with E-state index in [0.717, 1.165) is 42.6 Å². The van der Waals surface area contributed by atoms with E-state index in [0.29, 0.717) is 29.1 Å². The minimum Gasteiger partial charge on any atom is -0.353 e. The zero-order valence-electron chi connectivity index (χ0n) is 18.9. The SMILES string of the molecule is CCONC(=O)c1cnc(NC(=O)C2CC2)cc1Nc1cc(Cl)c(C2CC2)cc1N(C)SC. The van der Waals surface area contributed by atoms with E-state index in [-0.39, 0.29) is 17.4 Å². The first-order valence-corrected chi connectivity index (χ1v) is 12.6. The highest BCUT2D eigenvalue weighted by Gasteiger charge is 2.30. The van der Waals surface area contributed by atoms with Crippen LogP contribution in [0.1, 0.15) is 54.4 Å². The Morgan fingerprint density at radius 2 is 1.97 bits per heavy atom. The van der Waals surface area contributed by atoms with Crippen LogP contribution in [0.25, 0.3) is 0 Å². The lowest BCUT2D eigenvalue weighted by molar-refractivity contribution is -0.117. The third-order valence-electron chi connectivity index (χ3n) is 5.67. The van der Waals surface area contributed by atoms with E-state index < -0.39 is 5.91 Å². The molecule has 2 aliphatic carbocycles. The lowest BCUT2D eigenvalue weighted by atomic mass is 10.1. The van der Waals surface area contributed by atoms with Crippen LogP contribution in [0.2, 0.25) is 5.02 Å². The quantitative estimate of drug-likeness (QED) is 0.315. The first kappa shape index (κ1) is 23.7. The molecule has 2 amide bonds. The van der Waals surface area contributed by atoms with Crippen LogP contribution >= 0.6 is 23.5 Å². The summed E-state index contributed by atoms with van der Waals surface area (Å²) in [5.41, 5.74) is 6.01. The van der Waals surface area contributed by atoms with Gasteiger partial charge in [-0.1, -0.05) is 23.5 Å². The number of pyridine rings is 1. The van der Waals surface area contributed by atoms with Gasteiger partial charge in [-0.3, -0.25) is 14.4 Å². The molecule has 33 heavy (non-hydrogen) atoms. The lowest BCUT2D eigenvalue weighted by Crippen LogP contribution is -2.25. The van der Waals surface area contributed by atoms with Gasteiger partial charge in [0.15, 0.2) is 0 Å². The van der Waals surface area contributed by atoms with E-state index in [1.165, 1.54) is 6.20 Å². The molecule has 2 saturated carbocycles. The van der Waals surface area contributed by atoms with Crippen LogP contribution in [0.4, 0.5) is 22.9 Å². The van der Waals surface area contributed by atoms with Gasteiger partial charge in [0.25, 0.3) is 5.91 Å². The molecule has 8 nitrogen and oxygen atoms in total. The highest BCUT2D eigenvalue weighted by atomic mass is 35.5. The van der Waals surface area contributed by atoms with Crippen molar-refractivity contribution in [1.29, 1.82) is 0 Å². The van der Waals surface area contributed by atoms with Gasteiger partial charge in [0, 0.05) is 36.5 Å². The normalized spacial score (nSPS) is 15.2. The molecule has 2 aliphatic rings. The molecule has 3 N–H and O–H groups in total. The zero-order chi connectivity index (χ0) is 23.5. The molecule has 0 saturated heterocycles. The van der Waals surface area contributed by atoms with Crippen molar-refractivity contribution in [2.45, 2.75) is 38.5 Å². The molecular weight excluding hydrogens is 462 g/mol. The Labute approximate surface area is 202 Å². The van der Waals surface area contributed by atoms with Crippen molar-refractivity contribution in [2.75, 3.05) is 34.8 Å². The van der Waals surface area contributed by atoms with E-state index in [4.69, 9.17) is 16.4 Å². The van der Waals surface area contributed by atoms with E-state index in [2.05, 4.69) is 27.2 Å². The average Bonchev–Trinajstić information content (AvgIpc) is 3.70. The predicted octanol–water partition coefficient (Wildman–Crippen LogP) is 5.10.